The zero-order chi connectivity index (χ0) is 7.65. The lowest BCUT2D eigenvalue weighted by Crippen LogP contribution is -2.31. The Hall–Kier alpha value is -0.220. The van der Waals surface area contributed by atoms with Gasteiger partial charge in [0.15, 0.2) is 0 Å². The van der Waals surface area contributed by atoms with Crippen molar-refractivity contribution in [1.82, 2.24) is 0 Å². The molecule has 2 atom stereocenters. The standard InChI is InChI=1S/C3H7NO2S/c4-2(1-7)3(5)6/h2,7H,1,4H2,(H,5,6)/t2-/m0/s1/i1D,2D/t1-,2+/m1. The van der Waals surface area contributed by atoms with E-state index in [-0.39, 0.29) is 0 Å². The minimum absolute atomic E-state index is 1.42. The topological polar surface area (TPSA) is 63.3 Å². The largest absolute Gasteiger partial charge is 0.480 e. The van der Waals surface area contributed by atoms with Crippen LogP contribution >= 0.6 is 12.6 Å². The van der Waals surface area contributed by atoms with E-state index in [1.165, 1.54) is 0 Å². The minimum atomic E-state index is -2.30. The van der Waals surface area contributed by atoms with E-state index in [1.54, 1.807) is 0 Å². The second-order valence-electron chi connectivity index (χ2n) is 0.890. The highest BCUT2D eigenvalue weighted by Crippen LogP contribution is 1.80. The molecule has 0 amide bonds. The number of carbonyl (C=O) groups is 1. The van der Waals surface area contributed by atoms with E-state index in [9.17, 15) is 4.79 Å². The van der Waals surface area contributed by atoms with Crippen LogP contribution in [0.5, 0.6) is 0 Å². The highest BCUT2D eigenvalue weighted by atomic mass is 32.1. The van der Waals surface area contributed by atoms with Crippen molar-refractivity contribution < 1.29 is 12.6 Å². The second kappa shape index (κ2) is 2.87. The fraction of sp³-hybridized carbons (Fsp3) is 0.667. The van der Waals surface area contributed by atoms with Gasteiger partial charge >= 0.3 is 5.97 Å². The average molecular weight is 123 g/mol. The van der Waals surface area contributed by atoms with Crippen molar-refractivity contribution in [3.63, 3.8) is 0 Å². The van der Waals surface area contributed by atoms with Gasteiger partial charge in [-0.25, -0.2) is 0 Å². The second-order valence-corrected chi connectivity index (χ2v) is 1.15. The molecule has 7 heavy (non-hydrogen) atoms. The first kappa shape index (κ1) is 3.74. The third-order valence-corrected chi connectivity index (χ3v) is 0.664. The molecule has 0 aromatic carbocycles. The summed E-state index contributed by atoms with van der Waals surface area (Å²) in [6, 6.07) is -2.30. The maximum absolute atomic E-state index is 9.98. The van der Waals surface area contributed by atoms with Crippen LogP contribution in [0, 0.1) is 0 Å². The third kappa shape index (κ3) is 2.47. The number of nitrogens with two attached hydrogens (primary N) is 1. The van der Waals surface area contributed by atoms with E-state index in [0.29, 0.717) is 0 Å². The minimum Gasteiger partial charge on any atom is -0.480 e. The molecule has 0 aliphatic heterocycles. The van der Waals surface area contributed by atoms with Crippen molar-refractivity contribution >= 4 is 18.6 Å². The molecule has 42 valence electrons. The van der Waals surface area contributed by atoms with E-state index in [0.717, 1.165) is 0 Å². The molecule has 0 aliphatic rings. The van der Waals surface area contributed by atoms with Crippen LogP contribution in [0.4, 0.5) is 0 Å². The van der Waals surface area contributed by atoms with E-state index in [1.807, 2.05) is 0 Å². The molecule has 0 radical (unpaired) electrons. The van der Waals surface area contributed by atoms with Crippen LogP contribution in [0.3, 0.4) is 0 Å². The molecular formula is C3H7NO2S. The van der Waals surface area contributed by atoms with Crippen molar-refractivity contribution in [2.75, 3.05) is 5.73 Å². The lowest BCUT2D eigenvalue weighted by Gasteiger charge is -1.96. The quantitative estimate of drug-likeness (QED) is 0.427. The fourth-order valence-electron chi connectivity index (χ4n) is 0.0552. The number of thiol groups is 1. The molecule has 0 unspecified atom stereocenters. The summed E-state index contributed by atoms with van der Waals surface area (Å²) in [7, 11) is 0. The number of rotatable bonds is 2. The van der Waals surface area contributed by atoms with Crippen LogP contribution in [0.25, 0.3) is 0 Å². The van der Waals surface area contributed by atoms with Gasteiger partial charge in [0.25, 0.3) is 0 Å². The maximum Gasteiger partial charge on any atom is 0.321 e. The molecular weight excluding hydrogens is 114 g/mol. The Kier molecular flexibility index (Phi) is 1.54. The van der Waals surface area contributed by atoms with Crippen molar-refractivity contribution in [3.8, 4) is 0 Å². The molecule has 0 heterocycles. The molecule has 3 nitrogen and oxygen atoms in total. The lowest BCUT2D eigenvalue weighted by molar-refractivity contribution is -0.137. The Morgan fingerprint density at radius 1 is 2.43 bits per heavy atom. The number of hydrogen-bond donors (Lipinski definition) is 3. The van der Waals surface area contributed by atoms with Gasteiger partial charge in [0.1, 0.15) is 6.02 Å². The van der Waals surface area contributed by atoms with Crippen LogP contribution in [0.2, 0.25) is 0 Å². The number of carboxylic acid groups (broad SMARTS) is 1. The van der Waals surface area contributed by atoms with Crippen molar-refractivity contribution in [2.24, 2.45) is 5.73 Å². The van der Waals surface area contributed by atoms with E-state index in [4.69, 9.17) is 13.6 Å². The zero-order valence-corrected chi connectivity index (χ0v) is 4.35. The SMILES string of the molecule is [2H][C@@H](S)[C@]([2H])(N)C(=O)O. The molecule has 0 aromatic rings. The fourth-order valence-corrected chi connectivity index (χ4v) is 0.166. The smallest absolute Gasteiger partial charge is 0.321 e. The molecule has 0 aliphatic carbocycles. The Morgan fingerprint density at radius 2 is 2.86 bits per heavy atom. The third-order valence-electron chi connectivity index (χ3n) is 0.386. The van der Waals surface area contributed by atoms with E-state index in [2.05, 4.69) is 12.6 Å². The average Bonchev–Trinajstić information content (AvgIpc) is 1.65. The summed E-state index contributed by atoms with van der Waals surface area (Å²) in [5, 5.41) is 8.13. The molecule has 0 rings (SSSR count). The molecule has 0 fully saturated rings. The van der Waals surface area contributed by atoms with Crippen molar-refractivity contribution in [3.05, 3.63) is 0 Å². The van der Waals surface area contributed by atoms with Crippen LogP contribution in [-0.2, 0) is 4.79 Å². The molecule has 4 heteroatoms. The van der Waals surface area contributed by atoms with E-state index < -0.39 is 17.7 Å². The normalized spacial score (nSPS) is 26.6. The summed E-state index contributed by atoms with van der Waals surface area (Å²) in [6.45, 7) is 0. The van der Waals surface area contributed by atoms with Crippen molar-refractivity contribution in [2.45, 2.75) is 6.02 Å². The number of aliphatic carboxylic acids is 1. The predicted octanol–water partition coefficient (Wildman–Crippen LogP) is -0.672. The van der Waals surface area contributed by atoms with Gasteiger partial charge in [-0.2, -0.15) is 12.6 Å². The maximum atomic E-state index is 9.98. The first-order valence-electron chi connectivity index (χ1n) is 2.59. The lowest BCUT2D eigenvalue weighted by atomic mass is 10.4. The van der Waals surface area contributed by atoms with Crippen LogP contribution < -0.4 is 5.73 Å². The van der Waals surface area contributed by atoms with Crippen molar-refractivity contribution in [1.29, 1.82) is 0 Å². The summed E-state index contributed by atoms with van der Waals surface area (Å²) in [6.07, 6.45) is 0. The van der Waals surface area contributed by atoms with Crippen LogP contribution in [-0.4, -0.2) is 22.8 Å². The zero-order valence-electron chi connectivity index (χ0n) is 5.46. The molecule has 0 saturated heterocycles. The summed E-state index contributed by atoms with van der Waals surface area (Å²) < 4.78 is 13.4. The van der Waals surface area contributed by atoms with Gasteiger partial charge in [0, 0.05) is 7.10 Å². The van der Waals surface area contributed by atoms with Gasteiger partial charge in [-0.15, -0.1) is 0 Å². The summed E-state index contributed by atoms with van der Waals surface area (Å²) >= 11 is 3.39. The van der Waals surface area contributed by atoms with Gasteiger partial charge in [-0.05, 0) is 0 Å². The van der Waals surface area contributed by atoms with Gasteiger partial charge in [0.05, 0.1) is 1.37 Å². The van der Waals surface area contributed by atoms with Crippen LogP contribution in [0.1, 0.15) is 2.74 Å². The molecule has 0 aromatic heterocycles. The Labute approximate surface area is 49.7 Å². The first-order valence-corrected chi connectivity index (χ1v) is 2.03. The van der Waals surface area contributed by atoms with Gasteiger partial charge < -0.3 is 10.8 Å². The molecule has 3 N–H and O–H groups in total. The molecule has 0 spiro atoms. The Bertz CT molecular complexity index is 127. The molecule has 0 bridgehead atoms. The van der Waals surface area contributed by atoms with Crippen LogP contribution in [0.15, 0.2) is 0 Å². The summed E-state index contributed by atoms with van der Waals surface area (Å²) in [5.41, 5.74) is 3.38. The highest BCUT2D eigenvalue weighted by Gasteiger charge is 2.06. The van der Waals surface area contributed by atoms with Gasteiger partial charge in [0.2, 0.25) is 0 Å². The summed E-state index contributed by atoms with van der Waals surface area (Å²) in [4.78, 5) is 9.98. The van der Waals surface area contributed by atoms with Gasteiger partial charge in [-0.1, -0.05) is 0 Å². The van der Waals surface area contributed by atoms with E-state index >= 15 is 0 Å². The summed E-state index contributed by atoms with van der Waals surface area (Å²) in [5.74, 6) is -1.54. The number of hydrogen-bond acceptors (Lipinski definition) is 3. The predicted molar refractivity (Wildman–Crippen MR) is 29.5 cm³/mol. The number of carboxylic acids is 1. The Balaban J connectivity index is 4.19. The first-order chi connectivity index (χ1) is 3.89. The Morgan fingerprint density at radius 3 is 2.86 bits per heavy atom. The van der Waals surface area contributed by atoms with Gasteiger partial charge in [-0.3, -0.25) is 4.79 Å². The molecule has 0 saturated carbocycles. The monoisotopic (exact) mass is 123 g/mol. The highest BCUT2D eigenvalue weighted by molar-refractivity contribution is 7.80.